The molecule has 8 heteroatoms. The number of hydrogen-bond donors (Lipinski definition) is 2. The third kappa shape index (κ3) is 5.18. The molecule has 0 bridgehead atoms. The molecule has 3 aromatic rings. The predicted molar refractivity (Wildman–Crippen MR) is 111 cm³/mol. The van der Waals surface area contributed by atoms with Gasteiger partial charge in [-0.1, -0.05) is 6.07 Å². The molecule has 0 saturated carbocycles. The Morgan fingerprint density at radius 2 is 1.93 bits per heavy atom. The summed E-state index contributed by atoms with van der Waals surface area (Å²) in [5.74, 6) is 0.457. The van der Waals surface area contributed by atoms with Crippen LogP contribution in [0, 0.1) is 0 Å². The maximum atomic E-state index is 12.4. The summed E-state index contributed by atoms with van der Waals surface area (Å²) < 4.78 is 7.27. The van der Waals surface area contributed by atoms with Crippen molar-refractivity contribution in [1.82, 2.24) is 24.8 Å². The van der Waals surface area contributed by atoms with Gasteiger partial charge < -0.3 is 19.9 Å². The fourth-order valence-electron chi connectivity index (χ4n) is 3.15. The summed E-state index contributed by atoms with van der Waals surface area (Å²) in [5, 5.41) is 6.18. The number of rotatable bonds is 7. The minimum atomic E-state index is -0.169. The van der Waals surface area contributed by atoms with Crippen molar-refractivity contribution in [3.05, 3.63) is 66.9 Å². The fraction of sp³-hybridized carbons (Fsp3) is 0.286. The van der Waals surface area contributed by atoms with E-state index in [0.717, 1.165) is 44.2 Å². The standard InChI is InChI=1S/C21H24N6O2/c28-21(23-9-10-26-12-14-29-15-13-26)19-2-1-3-20(25-19)24-17-4-6-18(7-5-17)27-11-8-22-16-27/h1-8,11,16H,9-10,12-15H2,(H,23,28)(H,24,25). The van der Waals surface area contributed by atoms with Crippen molar-refractivity contribution in [3.63, 3.8) is 0 Å². The van der Waals surface area contributed by atoms with Gasteiger partial charge in [0.05, 0.1) is 19.5 Å². The number of pyridine rings is 1. The highest BCUT2D eigenvalue weighted by Crippen LogP contribution is 2.17. The number of carbonyl (C=O) groups is 1. The van der Waals surface area contributed by atoms with Gasteiger partial charge in [-0.2, -0.15) is 0 Å². The molecular weight excluding hydrogens is 368 g/mol. The minimum Gasteiger partial charge on any atom is -0.379 e. The van der Waals surface area contributed by atoms with Gasteiger partial charge in [0.2, 0.25) is 0 Å². The van der Waals surface area contributed by atoms with Crippen molar-refractivity contribution in [3.8, 4) is 5.69 Å². The summed E-state index contributed by atoms with van der Waals surface area (Å²) in [5.41, 5.74) is 2.31. The number of amides is 1. The lowest BCUT2D eigenvalue weighted by molar-refractivity contribution is 0.0383. The van der Waals surface area contributed by atoms with Gasteiger partial charge in [0.15, 0.2) is 0 Å². The largest absolute Gasteiger partial charge is 0.379 e. The van der Waals surface area contributed by atoms with Gasteiger partial charge in [-0.3, -0.25) is 9.69 Å². The zero-order valence-electron chi connectivity index (χ0n) is 16.1. The normalized spacial score (nSPS) is 14.5. The van der Waals surface area contributed by atoms with Gasteiger partial charge in [-0.15, -0.1) is 0 Å². The molecule has 150 valence electrons. The highest BCUT2D eigenvalue weighted by molar-refractivity contribution is 5.92. The quantitative estimate of drug-likeness (QED) is 0.640. The van der Waals surface area contributed by atoms with E-state index < -0.39 is 0 Å². The second kappa shape index (κ2) is 9.31. The maximum Gasteiger partial charge on any atom is 0.270 e. The smallest absolute Gasteiger partial charge is 0.270 e. The van der Waals surface area contributed by atoms with Crippen LogP contribution in [0.25, 0.3) is 5.69 Å². The number of imidazole rings is 1. The van der Waals surface area contributed by atoms with Gasteiger partial charge in [0.1, 0.15) is 11.5 Å². The number of hydrogen-bond acceptors (Lipinski definition) is 6. The zero-order valence-corrected chi connectivity index (χ0v) is 16.1. The number of ether oxygens (including phenoxy) is 1. The minimum absolute atomic E-state index is 0.169. The van der Waals surface area contributed by atoms with Crippen LogP contribution in [0.1, 0.15) is 10.5 Å². The Morgan fingerprint density at radius 1 is 1.10 bits per heavy atom. The van der Waals surface area contributed by atoms with Crippen LogP contribution in [0.15, 0.2) is 61.2 Å². The molecule has 8 nitrogen and oxygen atoms in total. The number of morpholine rings is 1. The Bertz CT molecular complexity index is 921. The van der Waals surface area contributed by atoms with Crippen LogP contribution < -0.4 is 10.6 Å². The van der Waals surface area contributed by atoms with E-state index in [2.05, 4.69) is 25.5 Å². The molecule has 1 amide bonds. The van der Waals surface area contributed by atoms with Crippen molar-refractivity contribution in [2.24, 2.45) is 0 Å². The molecule has 2 N–H and O–H groups in total. The van der Waals surface area contributed by atoms with Gasteiger partial charge in [0.25, 0.3) is 5.91 Å². The molecule has 4 rings (SSSR count). The molecule has 2 aromatic heterocycles. The number of benzene rings is 1. The van der Waals surface area contributed by atoms with E-state index in [9.17, 15) is 4.79 Å². The summed E-state index contributed by atoms with van der Waals surface area (Å²) in [6.07, 6.45) is 5.39. The zero-order chi connectivity index (χ0) is 19.9. The molecule has 0 aliphatic carbocycles. The van der Waals surface area contributed by atoms with Crippen molar-refractivity contribution in [1.29, 1.82) is 0 Å². The second-order valence-electron chi connectivity index (χ2n) is 6.76. The van der Waals surface area contributed by atoms with E-state index in [4.69, 9.17) is 4.74 Å². The molecule has 1 fully saturated rings. The average Bonchev–Trinajstić information content (AvgIpc) is 3.30. The van der Waals surface area contributed by atoms with Crippen LogP contribution >= 0.6 is 0 Å². The Kier molecular flexibility index (Phi) is 6.13. The predicted octanol–water partition coefficient (Wildman–Crippen LogP) is 2.07. The van der Waals surface area contributed by atoms with Gasteiger partial charge >= 0.3 is 0 Å². The van der Waals surface area contributed by atoms with E-state index >= 15 is 0 Å². The number of aromatic nitrogens is 3. The molecule has 0 radical (unpaired) electrons. The summed E-state index contributed by atoms with van der Waals surface area (Å²) >= 11 is 0. The number of nitrogens with zero attached hydrogens (tertiary/aromatic N) is 4. The van der Waals surface area contributed by atoms with E-state index in [-0.39, 0.29) is 5.91 Å². The van der Waals surface area contributed by atoms with Crippen molar-refractivity contribution in [2.45, 2.75) is 0 Å². The Balaban J connectivity index is 1.32. The van der Waals surface area contributed by atoms with Crippen LogP contribution in [0.5, 0.6) is 0 Å². The lowest BCUT2D eigenvalue weighted by Crippen LogP contribution is -2.41. The Morgan fingerprint density at radius 3 is 2.69 bits per heavy atom. The van der Waals surface area contributed by atoms with Gasteiger partial charge in [0, 0.05) is 49.9 Å². The molecular formula is C21H24N6O2. The number of nitrogens with one attached hydrogen (secondary N) is 2. The first-order valence-electron chi connectivity index (χ1n) is 9.69. The third-order valence-corrected chi connectivity index (χ3v) is 4.74. The van der Waals surface area contributed by atoms with Gasteiger partial charge in [-0.05, 0) is 36.4 Å². The van der Waals surface area contributed by atoms with Crippen molar-refractivity contribution in [2.75, 3.05) is 44.7 Å². The summed E-state index contributed by atoms with van der Waals surface area (Å²) in [7, 11) is 0. The molecule has 0 unspecified atom stereocenters. The molecule has 1 aliphatic heterocycles. The topological polar surface area (TPSA) is 84.3 Å². The molecule has 1 aliphatic rings. The highest BCUT2D eigenvalue weighted by Gasteiger charge is 2.12. The first-order valence-corrected chi connectivity index (χ1v) is 9.69. The summed E-state index contributed by atoms with van der Waals surface area (Å²) in [6.45, 7) is 4.74. The molecule has 3 heterocycles. The first kappa shape index (κ1) is 19.1. The molecule has 29 heavy (non-hydrogen) atoms. The van der Waals surface area contributed by atoms with Crippen LogP contribution in [0.2, 0.25) is 0 Å². The molecule has 0 spiro atoms. The monoisotopic (exact) mass is 392 g/mol. The van der Waals surface area contributed by atoms with Crippen LogP contribution in [-0.4, -0.2) is 64.7 Å². The summed E-state index contributed by atoms with van der Waals surface area (Å²) in [6, 6.07) is 13.3. The van der Waals surface area contributed by atoms with Crippen molar-refractivity contribution >= 4 is 17.4 Å². The Labute approximate surface area is 169 Å². The van der Waals surface area contributed by atoms with Gasteiger partial charge in [-0.25, -0.2) is 9.97 Å². The molecule has 1 aromatic carbocycles. The van der Waals surface area contributed by atoms with Crippen LogP contribution in [0.4, 0.5) is 11.5 Å². The lowest BCUT2D eigenvalue weighted by Gasteiger charge is -2.26. The van der Waals surface area contributed by atoms with E-state index in [0.29, 0.717) is 18.1 Å². The maximum absolute atomic E-state index is 12.4. The summed E-state index contributed by atoms with van der Waals surface area (Å²) in [4.78, 5) is 23.2. The van der Waals surface area contributed by atoms with Crippen LogP contribution in [0.3, 0.4) is 0 Å². The van der Waals surface area contributed by atoms with Crippen LogP contribution in [-0.2, 0) is 4.74 Å². The lowest BCUT2D eigenvalue weighted by atomic mass is 10.2. The average molecular weight is 392 g/mol. The highest BCUT2D eigenvalue weighted by atomic mass is 16.5. The number of anilines is 2. The molecule has 0 atom stereocenters. The third-order valence-electron chi connectivity index (χ3n) is 4.74. The van der Waals surface area contributed by atoms with E-state index in [1.165, 1.54) is 0 Å². The van der Waals surface area contributed by atoms with Crippen molar-refractivity contribution < 1.29 is 9.53 Å². The molecule has 1 saturated heterocycles. The number of carbonyl (C=O) groups excluding carboxylic acids is 1. The first-order chi connectivity index (χ1) is 14.3. The van der Waals surface area contributed by atoms with E-state index in [1.54, 1.807) is 18.6 Å². The van der Waals surface area contributed by atoms with E-state index in [1.807, 2.05) is 47.2 Å². The fourth-order valence-corrected chi connectivity index (χ4v) is 3.15. The second-order valence-corrected chi connectivity index (χ2v) is 6.76. The Hall–Kier alpha value is -3.23. The SMILES string of the molecule is O=C(NCCN1CCOCC1)c1cccc(Nc2ccc(-n3ccnc3)cc2)n1.